The van der Waals surface area contributed by atoms with Crippen LogP contribution < -0.4 is 10.2 Å². The minimum Gasteiger partial charge on any atom is -0.449 e. The number of aliphatic hydroxyl groups is 2. The van der Waals surface area contributed by atoms with Crippen LogP contribution in [0.1, 0.15) is 35.1 Å². The van der Waals surface area contributed by atoms with Crippen molar-refractivity contribution in [2.75, 3.05) is 32.1 Å². The highest BCUT2D eigenvalue weighted by Gasteiger charge is 2.29. The van der Waals surface area contributed by atoms with E-state index in [1.807, 2.05) is 38.4 Å². The predicted molar refractivity (Wildman–Crippen MR) is 125 cm³/mol. The molecule has 2 unspecified atom stereocenters. The number of anilines is 1. The van der Waals surface area contributed by atoms with E-state index in [-0.39, 0.29) is 25.5 Å². The zero-order valence-corrected chi connectivity index (χ0v) is 18.7. The van der Waals surface area contributed by atoms with Gasteiger partial charge in [-0.15, -0.1) is 0 Å². The van der Waals surface area contributed by atoms with Crippen LogP contribution in [0.4, 0.5) is 10.7 Å². The van der Waals surface area contributed by atoms with Crippen LogP contribution >= 0.6 is 0 Å². The summed E-state index contributed by atoms with van der Waals surface area (Å²) in [6.45, 7) is 0.381. The van der Waals surface area contributed by atoms with Crippen LogP contribution in [0.5, 0.6) is 0 Å². The van der Waals surface area contributed by atoms with E-state index in [4.69, 9.17) is 4.74 Å². The van der Waals surface area contributed by atoms with E-state index in [1.165, 1.54) is 23.5 Å². The monoisotopic (exact) mass is 448 g/mol. The van der Waals surface area contributed by atoms with Gasteiger partial charge in [-0.3, -0.25) is 0 Å². The molecule has 1 amide bonds. The van der Waals surface area contributed by atoms with Crippen LogP contribution in [0.2, 0.25) is 0 Å². The smallest absolute Gasteiger partial charge is 0.407 e. The zero-order valence-electron chi connectivity index (χ0n) is 18.7. The average molecular weight is 449 g/mol. The van der Waals surface area contributed by atoms with Crippen molar-refractivity contribution in [1.82, 2.24) is 15.3 Å². The molecule has 1 aliphatic rings. The number of nitrogens with one attached hydrogen (secondary N) is 1. The molecule has 8 heteroatoms. The fourth-order valence-electron chi connectivity index (χ4n) is 4.07. The fourth-order valence-corrected chi connectivity index (χ4v) is 4.07. The van der Waals surface area contributed by atoms with E-state index in [0.29, 0.717) is 11.5 Å². The molecule has 2 atom stereocenters. The van der Waals surface area contributed by atoms with E-state index < -0.39 is 18.3 Å². The zero-order chi connectivity index (χ0) is 23.4. The SMILES string of the molecule is CN(C)c1ncc(C(O)C(O)CCNC(=O)OCC2c3ccccc3-c3ccccc32)cn1. The van der Waals surface area contributed by atoms with Gasteiger partial charge in [0.2, 0.25) is 5.95 Å². The predicted octanol–water partition coefficient (Wildman–Crippen LogP) is 2.87. The first kappa shape index (κ1) is 22.7. The summed E-state index contributed by atoms with van der Waals surface area (Å²) >= 11 is 0. The molecule has 0 spiro atoms. The van der Waals surface area contributed by atoms with Gasteiger partial charge in [-0.05, 0) is 28.7 Å². The first-order valence-corrected chi connectivity index (χ1v) is 10.9. The highest BCUT2D eigenvalue weighted by atomic mass is 16.5. The number of carbonyl (C=O) groups excluding carboxylic acids is 1. The standard InChI is InChI=1S/C25H28N4O4/c1-29(2)24-27-13-16(14-28-24)23(31)22(30)11-12-26-25(32)33-15-21-19-9-5-3-7-17(19)18-8-4-6-10-20(18)21/h3-10,13-14,21-23,30-31H,11-12,15H2,1-2H3,(H,26,32). The third kappa shape index (κ3) is 4.97. The van der Waals surface area contributed by atoms with Crippen molar-refractivity contribution in [3.63, 3.8) is 0 Å². The first-order valence-electron chi connectivity index (χ1n) is 10.9. The van der Waals surface area contributed by atoms with Gasteiger partial charge in [0.25, 0.3) is 0 Å². The second kappa shape index (κ2) is 9.97. The van der Waals surface area contributed by atoms with E-state index in [1.54, 1.807) is 4.90 Å². The topological polar surface area (TPSA) is 108 Å². The van der Waals surface area contributed by atoms with Crippen LogP contribution in [-0.2, 0) is 4.74 Å². The maximum absolute atomic E-state index is 12.2. The van der Waals surface area contributed by atoms with Crippen molar-refractivity contribution in [3.05, 3.63) is 77.6 Å². The summed E-state index contributed by atoms with van der Waals surface area (Å²) in [6, 6.07) is 16.3. The molecule has 3 N–H and O–H groups in total. The Bertz CT molecular complexity index is 1060. The van der Waals surface area contributed by atoms with Gasteiger partial charge in [-0.2, -0.15) is 0 Å². The van der Waals surface area contributed by atoms with Crippen molar-refractivity contribution >= 4 is 12.0 Å². The maximum atomic E-state index is 12.2. The minimum atomic E-state index is -1.15. The Hall–Kier alpha value is -3.49. The van der Waals surface area contributed by atoms with Gasteiger partial charge >= 0.3 is 6.09 Å². The van der Waals surface area contributed by atoms with Crippen LogP contribution in [0, 0.1) is 0 Å². The van der Waals surface area contributed by atoms with Crippen molar-refractivity contribution < 1.29 is 19.7 Å². The van der Waals surface area contributed by atoms with Crippen molar-refractivity contribution in [3.8, 4) is 11.1 Å². The lowest BCUT2D eigenvalue weighted by Gasteiger charge is -2.19. The number of ether oxygens (including phenoxy) is 1. The summed E-state index contributed by atoms with van der Waals surface area (Å²) in [7, 11) is 3.63. The van der Waals surface area contributed by atoms with Crippen LogP contribution in [0.3, 0.4) is 0 Å². The molecule has 3 aromatic rings. The molecule has 2 aromatic carbocycles. The number of nitrogens with zero attached hydrogens (tertiary/aromatic N) is 3. The van der Waals surface area contributed by atoms with Crippen molar-refractivity contribution in [1.29, 1.82) is 0 Å². The van der Waals surface area contributed by atoms with Crippen LogP contribution in [-0.4, -0.2) is 59.6 Å². The number of aliphatic hydroxyl groups excluding tert-OH is 2. The minimum absolute atomic E-state index is 0.0132. The van der Waals surface area contributed by atoms with Crippen molar-refractivity contribution in [2.24, 2.45) is 0 Å². The Balaban J connectivity index is 1.26. The molecule has 1 aromatic heterocycles. The van der Waals surface area contributed by atoms with Gasteiger partial charge < -0.3 is 25.2 Å². The summed E-state index contributed by atoms with van der Waals surface area (Å²) in [4.78, 5) is 22.3. The quantitative estimate of drug-likeness (QED) is 0.486. The molecule has 1 heterocycles. The Kier molecular flexibility index (Phi) is 6.86. The lowest BCUT2D eigenvalue weighted by atomic mass is 9.98. The van der Waals surface area contributed by atoms with E-state index in [2.05, 4.69) is 39.6 Å². The summed E-state index contributed by atoms with van der Waals surface area (Å²) in [5.74, 6) is 0.498. The first-order chi connectivity index (χ1) is 16.0. The normalized spacial score (nSPS) is 14.2. The number of rotatable bonds is 8. The second-order valence-electron chi connectivity index (χ2n) is 8.26. The Morgan fingerprint density at radius 3 is 2.18 bits per heavy atom. The molecule has 0 radical (unpaired) electrons. The third-order valence-electron chi connectivity index (χ3n) is 5.82. The number of aromatic nitrogens is 2. The van der Waals surface area contributed by atoms with Crippen molar-refractivity contribution in [2.45, 2.75) is 24.5 Å². The number of benzene rings is 2. The summed E-state index contributed by atoms with van der Waals surface area (Å²) in [6.07, 6.45) is 0.334. The van der Waals surface area contributed by atoms with Gasteiger partial charge in [0.05, 0.1) is 6.10 Å². The Morgan fingerprint density at radius 1 is 1.03 bits per heavy atom. The summed E-state index contributed by atoms with van der Waals surface area (Å²) in [5.41, 5.74) is 5.04. The lowest BCUT2D eigenvalue weighted by Crippen LogP contribution is -2.30. The molecule has 0 fully saturated rings. The molecule has 4 rings (SSSR count). The van der Waals surface area contributed by atoms with Crippen LogP contribution in [0.25, 0.3) is 11.1 Å². The summed E-state index contributed by atoms with van der Waals surface area (Å²) < 4.78 is 5.48. The average Bonchev–Trinajstić information content (AvgIpc) is 3.16. The van der Waals surface area contributed by atoms with E-state index in [0.717, 1.165) is 11.1 Å². The summed E-state index contributed by atoms with van der Waals surface area (Å²) in [5, 5.41) is 23.3. The number of fused-ring (bicyclic) bond motifs is 3. The van der Waals surface area contributed by atoms with Gasteiger partial charge in [-0.1, -0.05) is 48.5 Å². The number of alkyl carbamates (subject to hydrolysis) is 1. The molecular weight excluding hydrogens is 420 g/mol. The Morgan fingerprint density at radius 2 is 1.61 bits per heavy atom. The van der Waals surface area contributed by atoms with E-state index in [9.17, 15) is 15.0 Å². The fraction of sp³-hybridized carbons (Fsp3) is 0.320. The number of amides is 1. The lowest BCUT2D eigenvalue weighted by molar-refractivity contribution is 0.0133. The van der Waals surface area contributed by atoms with E-state index >= 15 is 0 Å². The third-order valence-corrected chi connectivity index (χ3v) is 5.82. The van der Waals surface area contributed by atoms with Gasteiger partial charge in [-0.25, -0.2) is 14.8 Å². The molecule has 0 bridgehead atoms. The largest absolute Gasteiger partial charge is 0.449 e. The van der Waals surface area contributed by atoms with Gasteiger partial charge in [0.15, 0.2) is 0 Å². The highest BCUT2D eigenvalue weighted by molar-refractivity contribution is 5.79. The maximum Gasteiger partial charge on any atom is 0.407 e. The number of carbonyl (C=O) groups is 1. The van der Waals surface area contributed by atoms with Gasteiger partial charge in [0, 0.05) is 44.5 Å². The molecular formula is C25H28N4O4. The van der Waals surface area contributed by atoms with Gasteiger partial charge in [0.1, 0.15) is 12.7 Å². The highest BCUT2D eigenvalue weighted by Crippen LogP contribution is 2.44. The second-order valence-corrected chi connectivity index (χ2v) is 8.26. The molecule has 8 nitrogen and oxygen atoms in total. The van der Waals surface area contributed by atoms with Crippen LogP contribution in [0.15, 0.2) is 60.9 Å². The molecule has 0 saturated carbocycles. The Labute approximate surface area is 192 Å². The molecule has 0 aliphatic heterocycles. The number of hydrogen-bond acceptors (Lipinski definition) is 7. The molecule has 172 valence electrons. The number of hydrogen-bond donors (Lipinski definition) is 3. The molecule has 0 saturated heterocycles. The molecule has 33 heavy (non-hydrogen) atoms. The molecule has 1 aliphatic carbocycles.